The second-order valence-electron chi connectivity index (χ2n) is 28.5. The number of piperazine rings is 1. The molecule has 1 saturated carbocycles. The SMILES string of the molecule is Cc1ncsc1-c1ccc([C@H](CC(=O)N2CCC(N3CCN(c4ccc(C#Cc5ccc(C(=O)NCCCn6cc(-c7ccc8c(c7)CCN8C(=O)Cc7cccc(OC(F)(F)F)c7)c7c(N)ncnc76)cc5)cn4)CC3)CC2)NC(=O)[C@@H]2C[C@@H](O)CN2C(=O)[C@@H](NC(=O)C2(F)CC2)C(C)(C)C)cc1. The van der Waals surface area contributed by atoms with Crippen LogP contribution in [-0.4, -0.2) is 175 Å². The maximum atomic E-state index is 14.9. The first kappa shape index (κ1) is 72.1. The minimum absolute atomic E-state index is 0.0438. The number of nitrogens with two attached hydrogens (primary N) is 1. The van der Waals surface area contributed by atoms with E-state index in [0.717, 1.165) is 94.5 Å². The number of pyridine rings is 1. The van der Waals surface area contributed by atoms with Gasteiger partial charge in [-0.15, -0.1) is 24.5 Å². The van der Waals surface area contributed by atoms with E-state index in [-0.39, 0.29) is 68.2 Å². The first-order chi connectivity index (χ1) is 49.8. The summed E-state index contributed by atoms with van der Waals surface area (Å²) in [6.45, 7) is 12.6. The molecule has 8 heterocycles. The highest BCUT2D eigenvalue weighted by atomic mass is 32.1. The molecule has 6 amide bonds. The number of aryl methyl sites for hydroxylation is 2. The van der Waals surface area contributed by atoms with Crippen molar-refractivity contribution in [2.45, 2.75) is 134 Å². The number of ether oxygens (including phenoxy) is 1. The topological polar surface area (TPSA) is 267 Å². The molecule has 0 bridgehead atoms. The number of hydrogen-bond donors (Lipinski definition) is 5. The maximum Gasteiger partial charge on any atom is 0.573 e. The molecule has 0 unspecified atom stereocenters. The van der Waals surface area contributed by atoms with Gasteiger partial charge in [0.1, 0.15) is 41.4 Å². The lowest BCUT2D eigenvalue weighted by atomic mass is 9.85. The van der Waals surface area contributed by atoms with Crippen molar-refractivity contribution < 1.29 is 56.2 Å². The van der Waals surface area contributed by atoms with Crippen LogP contribution in [0.15, 0.2) is 127 Å². The number of aromatic nitrogens is 5. The number of aliphatic hydroxyl groups is 1. The number of piperidine rings is 1. The molecule has 0 spiro atoms. The van der Waals surface area contributed by atoms with Gasteiger partial charge < -0.3 is 55.7 Å². The number of carbonyl (C=O) groups is 6. The van der Waals surface area contributed by atoms with E-state index < -0.39 is 59.4 Å². The van der Waals surface area contributed by atoms with Crippen LogP contribution in [0.4, 0.5) is 34.9 Å². The largest absolute Gasteiger partial charge is 0.573 e. The number of β-amino-alcohol motifs (C(OH)–C–C–N with tert-alkyl or cyclic N) is 1. The third-order valence-electron chi connectivity index (χ3n) is 20.2. The van der Waals surface area contributed by atoms with Crippen LogP contribution >= 0.6 is 11.3 Å². The van der Waals surface area contributed by atoms with E-state index in [1.807, 2.05) is 89.3 Å². The Kier molecular flexibility index (Phi) is 20.9. The molecule has 4 aromatic heterocycles. The Morgan fingerprint density at radius 1 is 0.817 bits per heavy atom. The van der Waals surface area contributed by atoms with Gasteiger partial charge in [-0.3, -0.25) is 33.7 Å². The van der Waals surface area contributed by atoms with Crippen LogP contribution in [0, 0.1) is 24.2 Å². The number of aliphatic hydroxyl groups excluding tert-OH is 1. The number of rotatable bonds is 20. The summed E-state index contributed by atoms with van der Waals surface area (Å²) in [5, 5.41) is 20.3. The highest BCUT2D eigenvalue weighted by Gasteiger charge is 2.54. The van der Waals surface area contributed by atoms with Crippen molar-refractivity contribution >= 4 is 75.1 Å². The Morgan fingerprint density at radius 2 is 1.55 bits per heavy atom. The molecule has 4 fully saturated rings. The summed E-state index contributed by atoms with van der Waals surface area (Å²) in [6, 6.07) is 27.1. The standard InChI is InChI=1S/C77H82F4N14O8S/c1-47-67(104-46-87-47)52-18-16-51(17-19-52)60(88-72(100)62-40-57(96)43-95(62)73(101)68(75(2,3)4)89-74(102)76(78)26-27-76)41-64(97)92-30-24-56(25-31-92)90-33-35-91(36-34-90)63-22-13-49(42-84-63)10-9-48-11-14-53(15-12-48)71(99)83-28-6-29-93-44-59(66-69(82)85-45-86-70(66)93)54-20-21-61-55(39-54)23-32-94(61)65(98)38-50-7-5-8-58(37-50)103-77(79,80)81/h5,7-8,11-22,37,39,42,44-46,56-57,60,62,68,96H,6,23-36,38,40-41,43H2,1-4H3,(H,83,99)(H,88,100)(H,89,102)(H2,82,85,86)/t57-,60+,62+,68-/m1/s1. The van der Waals surface area contributed by atoms with Crippen LogP contribution in [0.5, 0.6) is 5.75 Å². The lowest BCUT2D eigenvalue weighted by molar-refractivity contribution is -0.274. The zero-order chi connectivity index (χ0) is 73.2. The van der Waals surface area contributed by atoms with Crippen LogP contribution in [0.1, 0.15) is 116 Å². The van der Waals surface area contributed by atoms with Gasteiger partial charge in [0, 0.05) is 118 Å². The van der Waals surface area contributed by atoms with Crippen molar-refractivity contribution in [1.82, 2.24) is 55.2 Å². The summed E-state index contributed by atoms with van der Waals surface area (Å²) in [4.78, 5) is 111. The fourth-order valence-electron chi connectivity index (χ4n) is 14.3. The van der Waals surface area contributed by atoms with Crippen molar-refractivity contribution in [2.75, 3.05) is 74.4 Å². The third kappa shape index (κ3) is 16.5. The minimum Gasteiger partial charge on any atom is -0.406 e. The molecular weight excluding hydrogens is 1360 g/mol. The lowest BCUT2D eigenvalue weighted by Gasteiger charge is -2.43. The number of nitrogens with one attached hydrogen (secondary N) is 3. The highest BCUT2D eigenvalue weighted by molar-refractivity contribution is 7.13. The molecule has 4 aromatic carbocycles. The molecule has 5 aliphatic rings. The minimum atomic E-state index is -4.85. The second-order valence-corrected chi connectivity index (χ2v) is 29.3. The number of anilines is 3. The summed E-state index contributed by atoms with van der Waals surface area (Å²) in [7, 11) is 0. The van der Waals surface area contributed by atoms with Gasteiger partial charge in [0.15, 0.2) is 5.67 Å². The summed E-state index contributed by atoms with van der Waals surface area (Å²) in [6.07, 6.45) is 1.93. The van der Waals surface area contributed by atoms with E-state index in [1.165, 1.54) is 40.8 Å². The number of amides is 6. The third-order valence-corrected chi connectivity index (χ3v) is 21.2. The van der Waals surface area contributed by atoms with E-state index in [1.54, 1.807) is 55.6 Å². The fourth-order valence-corrected chi connectivity index (χ4v) is 15.1. The first-order valence-corrected chi connectivity index (χ1v) is 36.0. The summed E-state index contributed by atoms with van der Waals surface area (Å²) in [5.74, 6) is 4.56. The molecule has 22 nitrogen and oxygen atoms in total. The Hall–Kier alpha value is -10.3. The van der Waals surface area contributed by atoms with Crippen LogP contribution in [0.3, 0.4) is 0 Å². The Balaban J connectivity index is 0.561. The van der Waals surface area contributed by atoms with Gasteiger partial charge in [0.2, 0.25) is 23.6 Å². The molecule has 104 heavy (non-hydrogen) atoms. The number of hydrogen-bond acceptors (Lipinski definition) is 16. The van der Waals surface area contributed by atoms with Crippen molar-refractivity contribution in [1.29, 1.82) is 0 Å². The average Bonchev–Trinajstić information content (AvgIpc) is 1.61. The van der Waals surface area contributed by atoms with Crippen molar-refractivity contribution in [3.63, 3.8) is 0 Å². The van der Waals surface area contributed by atoms with Gasteiger partial charge >= 0.3 is 6.36 Å². The summed E-state index contributed by atoms with van der Waals surface area (Å²) < 4.78 is 59.5. The van der Waals surface area contributed by atoms with Crippen LogP contribution < -0.4 is 36.2 Å². The normalized spacial score (nSPS) is 18.1. The monoisotopic (exact) mass is 1440 g/mol. The van der Waals surface area contributed by atoms with Gasteiger partial charge in [0.25, 0.3) is 11.8 Å². The number of thiazole rings is 1. The molecule has 6 N–H and O–H groups in total. The van der Waals surface area contributed by atoms with Crippen molar-refractivity contribution in [3.05, 3.63) is 166 Å². The van der Waals surface area contributed by atoms with E-state index >= 15 is 0 Å². The summed E-state index contributed by atoms with van der Waals surface area (Å²) >= 11 is 1.52. The molecule has 1 aliphatic carbocycles. The molecule has 13 rings (SSSR count). The molecule has 0 radical (unpaired) electrons. The maximum absolute atomic E-state index is 14.9. The average molecular weight is 1440 g/mol. The van der Waals surface area contributed by atoms with Crippen LogP contribution in [0.25, 0.3) is 32.6 Å². The molecular formula is C77H82F4N14O8S. The van der Waals surface area contributed by atoms with E-state index in [0.29, 0.717) is 79.1 Å². The van der Waals surface area contributed by atoms with Gasteiger partial charge in [0.05, 0.1) is 46.5 Å². The van der Waals surface area contributed by atoms with Gasteiger partial charge in [-0.2, -0.15) is 0 Å². The quantitative estimate of drug-likeness (QED) is 0.0271. The van der Waals surface area contributed by atoms with Crippen LogP contribution in [0.2, 0.25) is 0 Å². The predicted octanol–water partition coefficient (Wildman–Crippen LogP) is 9.11. The van der Waals surface area contributed by atoms with Crippen molar-refractivity contribution in [2.24, 2.45) is 5.41 Å². The smallest absolute Gasteiger partial charge is 0.406 e. The number of fused-ring (bicyclic) bond motifs is 2. The van der Waals surface area contributed by atoms with E-state index in [4.69, 9.17) is 10.7 Å². The predicted molar refractivity (Wildman–Crippen MR) is 386 cm³/mol. The number of alkyl halides is 4. The zero-order valence-corrected chi connectivity index (χ0v) is 59.0. The molecule has 4 aliphatic heterocycles. The number of benzene rings is 4. The Labute approximate surface area is 603 Å². The van der Waals surface area contributed by atoms with Crippen LogP contribution in [-0.2, 0) is 43.4 Å². The number of likely N-dealkylation sites (tertiary alicyclic amines) is 2. The second kappa shape index (κ2) is 30.2. The number of halogens is 4. The molecule has 27 heteroatoms. The lowest BCUT2D eigenvalue weighted by Crippen LogP contribution is -2.59. The number of nitrogen functional groups attached to an aromatic ring is 1. The molecule has 4 atom stereocenters. The molecule has 8 aromatic rings. The van der Waals surface area contributed by atoms with Crippen molar-refractivity contribution in [3.8, 4) is 39.2 Å². The fraction of sp³-hybridized carbons (Fsp3) is 0.403. The highest BCUT2D eigenvalue weighted by Crippen LogP contribution is 2.42. The molecule has 542 valence electrons. The number of carbonyl (C=O) groups excluding carboxylic acids is 6. The van der Waals surface area contributed by atoms with Gasteiger partial charge in [-0.25, -0.2) is 24.3 Å². The van der Waals surface area contributed by atoms with Gasteiger partial charge in [-0.05, 0) is 139 Å². The van der Waals surface area contributed by atoms with Gasteiger partial charge in [-0.1, -0.05) is 75.1 Å². The number of nitrogens with zero attached hydrogens (tertiary/aromatic N) is 10. The molecule has 3 saturated heterocycles. The van der Waals surface area contributed by atoms with E-state index in [9.17, 15) is 51.4 Å². The Morgan fingerprint density at radius 3 is 2.24 bits per heavy atom. The first-order valence-electron chi connectivity index (χ1n) is 35.1. The summed E-state index contributed by atoms with van der Waals surface area (Å²) in [5.41, 5.74) is 14.2. The Bertz CT molecular complexity index is 4590. The van der Waals surface area contributed by atoms with E-state index in [2.05, 4.69) is 57.3 Å². The zero-order valence-electron chi connectivity index (χ0n) is 58.2.